The van der Waals surface area contributed by atoms with E-state index in [1.807, 2.05) is 55.5 Å². The monoisotopic (exact) mass is 405 g/mol. The smallest absolute Gasteiger partial charge is 0.256 e. The number of rotatable bonds is 3. The van der Waals surface area contributed by atoms with Crippen LogP contribution < -0.4 is 5.32 Å². The molecular formula is C26H19N3O2. The van der Waals surface area contributed by atoms with E-state index in [4.69, 9.17) is 0 Å². The molecular weight excluding hydrogens is 386 g/mol. The summed E-state index contributed by atoms with van der Waals surface area (Å²) in [5.41, 5.74) is 4.61. The summed E-state index contributed by atoms with van der Waals surface area (Å²) in [7, 11) is 0. The van der Waals surface area contributed by atoms with Crippen molar-refractivity contribution in [2.45, 2.75) is 6.92 Å². The number of phenols is 1. The van der Waals surface area contributed by atoms with Crippen molar-refractivity contribution in [2.24, 2.45) is 0 Å². The highest BCUT2D eigenvalue weighted by Crippen LogP contribution is 2.23. The summed E-state index contributed by atoms with van der Waals surface area (Å²) in [5, 5.41) is 12.4. The highest BCUT2D eigenvalue weighted by molar-refractivity contribution is 6.04. The molecule has 0 aliphatic carbocycles. The van der Waals surface area contributed by atoms with Crippen molar-refractivity contribution in [3.63, 3.8) is 0 Å². The number of nitrogens with zero attached hydrogens (tertiary/aromatic N) is 2. The number of hydrogen-bond acceptors (Lipinski definition) is 4. The molecule has 5 nitrogen and oxygen atoms in total. The number of pyridine rings is 2. The van der Waals surface area contributed by atoms with E-state index < -0.39 is 0 Å². The van der Waals surface area contributed by atoms with Crippen molar-refractivity contribution in [3.8, 4) is 28.8 Å². The fourth-order valence-electron chi connectivity index (χ4n) is 2.95. The van der Waals surface area contributed by atoms with Gasteiger partial charge in [-0.2, -0.15) is 0 Å². The number of amides is 1. The lowest BCUT2D eigenvalue weighted by atomic mass is 10.1. The topological polar surface area (TPSA) is 75.1 Å². The van der Waals surface area contributed by atoms with Crippen LogP contribution >= 0.6 is 0 Å². The number of aromatic nitrogens is 2. The summed E-state index contributed by atoms with van der Waals surface area (Å²) in [6, 6.07) is 21.6. The lowest BCUT2D eigenvalue weighted by Gasteiger charge is -2.10. The molecule has 0 atom stereocenters. The molecule has 5 heteroatoms. The van der Waals surface area contributed by atoms with E-state index in [0.29, 0.717) is 11.4 Å². The Morgan fingerprint density at radius 1 is 0.935 bits per heavy atom. The first-order valence-electron chi connectivity index (χ1n) is 9.69. The molecule has 0 bridgehead atoms. The molecule has 2 aromatic carbocycles. The van der Waals surface area contributed by atoms with Crippen LogP contribution in [0.1, 0.15) is 27.0 Å². The van der Waals surface area contributed by atoms with E-state index in [2.05, 4.69) is 27.1 Å². The summed E-state index contributed by atoms with van der Waals surface area (Å²) in [6.07, 6.45) is 3.44. The van der Waals surface area contributed by atoms with Crippen molar-refractivity contribution in [3.05, 3.63) is 107 Å². The van der Waals surface area contributed by atoms with Crippen LogP contribution in [0, 0.1) is 18.8 Å². The van der Waals surface area contributed by atoms with E-state index in [9.17, 15) is 9.90 Å². The number of carbonyl (C=O) groups is 1. The van der Waals surface area contributed by atoms with Gasteiger partial charge in [-0.05, 0) is 61.0 Å². The van der Waals surface area contributed by atoms with Gasteiger partial charge in [0.05, 0.1) is 5.69 Å². The average molecular weight is 405 g/mol. The third-order valence-corrected chi connectivity index (χ3v) is 4.63. The van der Waals surface area contributed by atoms with Gasteiger partial charge in [0.2, 0.25) is 0 Å². The third kappa shape index (κ3) is 4.95. The standard InChI is InChI=1S/C26H19N3O2/c1-18-7-14-24(28-25(18)29-26(31)22-5-2-6-23(30)16-22)21-12-10-19(11-13-21)8-9-20-4-3-15-27-17-20/h2-7,10-17,30H,1H3,(H,28,29,31). The lowest BCUT2D eigenvalue weighted by Crippen LogP contribution is -2.14. The van der Waals surface area contributed by atoms with Gasteiger partial charge in [0.25, 0.3) is 5.91 Å². The number of carbonyl (C=O) groups excluding carboxylic acids is 1. The Morgan fingerprint density at radius 2 is 1.74 bits per heavy atom. The number of anilines is 1. The van der Waals surface area contributed by atoms with Crippen molar-refractivity contribution < 1.29 is 9.90 Å². The van der Waals surface area contributed by atoms with Gasteiger partial charge in [0, 0.05) is 34.6 Å². The summed E-state index contributed by atoms with van der Waals surface area (Å²) in [5.74, 6) is 6.39. The van der Waals surface area contributed by atoms with E-state index in [-0.39, 0.29) is 11.7 Å². The second-order valence-electron chi connectivity index (χ2n) is 6.94. The molecule has 31 heavy (non-hydrogen) atoms. The largest absolute Gasteiger partial charge is 0.508 e. The van der Waals surface area contributed by atoms with Crippen LogP contribution in [-0.2, 0) is 0 Å². The van der Waals surface area contributed by atoms with Crippen LogP contribution in [0.25, 0.3) is 11.3 Å². The molecule has 2 aromatic heterocycles. The molecule has 1 amide bonds. The summed E-state index contributed by atoms with van der Waals surface area (Å²) >= 11 is 0. The summed E-state index contributed by atoms with van der Waals surface area (Å²) < 4.78 is 0. The highest BCUT2D eigenvalue weighted by atomic mass is 16.3. The Hall–Kier alpha value is -4.43. The molecule has 0 aliphatic rings. The maximum absolute atomic E-state index is 12.5. The second-order valence-corrected chi connectivity index (χ2v) is 6.94. The van der Waals surface area contributed by atoms with Crippen LogP contribution in [0.4, 0.5) is 5.82 Å². The minimum absolute atomic E-state index is 0.0396. The lowest BCUT2D eigenvalue weighted by molar-refractivity contribution is 0.102. The van der Waals surface area contributed by atoms with Gasteiger partial charge in [0.1, 0.15) is 11.6 Å². The number of benzene rings is 2. The van der Waals surface area contributed by atoms with E-state index >= 15 is 0 Å². The Balaban J connectivity index is 1.54. The molecule has 4 rings (SSSR count). The molecule has 2 N–H and O–H groups in total. The highest BCUT2D eigenvalue weighted by Gasteiger charge is 2.11. The van der Waals surface area contributed by atoms with E-state index in [0.717, 1.165) is 27.9 Å². The first kappa shape index (κ1) is 19.9. The molecule has 2 heterocycles. The fourth-order valence-corrected chi connectivity index (χ4v) is 2.95. The van der Waals surface area contributed by atoms with Gasteiger partial charge >= 0.3 is 0 Å². The van der Waals surface area contributed by atoms with Gasteiger partial charge in [-0.15, -0.1) is 0 Å². The maximum Gasteiger partial charge on any atom is 0.256 e. The van der Waals surface area contributed by atoms with Crippen molar-refractivity contribution in [1.82, 2.24) is 9.97 Å². The maximum atomic E-state index is 12.5. The minimum Gasteiger partial charge on any atom is -0.508 e. The Kier molecular flexibility index (Phi) is 5.72. The first-order valence-corrected chi connectivity index (χ1v) is 9.69. The molecule has 0 fully saturated rings. The number of aryl methyl sites for hydroxylation is 1. The van der Waals surface area contributed by atoms with Crippen LogP contribution in [0.5, 0.6) is 5.75 Å². The molecule has 4 aromatic rings. The van der Waals surface area contributed by atoms with Gasteiger partial charge in [-0.1, -0.05) is 36.1 Å². The Morgan fingerprint density at radius 3 is 2.48 bits per heavy atom. The molecule has 0 aliphatic heterocycles. The number of phenolic OH excluding ortho intramolecular Hbond substituents is 1. The quantitative estimate of drug-likeness (QED) is 0.480. The van der Waals surface area contributed by atoms with Crippen LogP contribution in [-0.4, -0.2) is 21.0 Å². The zero-order chi connectivity index (χ0) is 21.6. The Labute approximate surface area is 180 Å². The molecule has 0 unspecified atom stereocenters. The zero-order valence-electron chi connectivity index (χ0n) is 16.8. The van der Waals surface area contributed by atoms with Crippen molar-refractivity contribution >= 4 is 11.7 Å². The SMILES string of the molecule is Cc1ccc(-c2ccc(C#Cc3cccnc3)cc2)nc1NC(=O)c1cccc(O)c1. The second kappa shape index (κ2) is 8.93. The zero-order valence-corrected chi connectivity index (χ0v) is 16.8. The molecule has 0 saturated carbocycles. The molecule has 0 spiro atoms. The predicted octanol–water partition coefficient (Wildman–Crippen LogP) is 4.81. The van der Waals surface area contributed by atoms with Crippen LogP contribution in [0.3, 0.4) is 0 Å². The van der Waals surface area contributed by atoms with Gasteiger partial charge in [-0.3, -0.25) is 9.78 Å². The molecule has 0 radical (unpaired) electrons. The molecule has 150 valence electrons. The molecule has 0 saturated heterocycles. The number of hydrogen-bond donors (Lipinski definition) is 2. The van der Waals surface area contributed by atoms with Gasteiger partial charge < -0.3 is 10.4 Å². The van der Waals surface area contributed by atoms with Gasteiger partial charge in [0.15, 0.2) is 0 Å². The first-order chi connectivity index (χ1) is 15.1. The van der Waals surface area contributed by atoms with Crippen LogP contribution in [0.2, 0.25) is 0 Å². The fraction of sp³-hybridized carbons (Fsp3) is 0.0385. The van der Waals surface area contributed by atoms with E-state index in [1.54, 1.807) is 24.5 Å². The predicted molar refractivity (Wildman–Crippen MR) is 121 cm³/mol. The van der Waals surface area contributed by atoms with Gasteiger partial charge in [-0.25, -0.2) is 4.98 Å². The summed E-state index contributed by atoms with van der Waals surface area (Å²) in [4.78, 5) is 21.2. The number of aromatic hydroxyl groups is 1. The van der Waals surface area contributed by atoms with Crippen molar-refractivity contribution in [2.75, 3.05) is 5.32 Å². The Bertz CT molecular complexity index is 1290. The van der Waals surface area contributed by atoms with Crippen LogP contribution in [0.15, 0.2) is 85.2 Å². The minimum atomic E-state index is -0.329. The van der Waals surface area contributed by atoms with Crippen molar-refractivity contribution in [1.29, 1.82) is 0 Å². The normalized spacial score (nSPS) is 10.1. The summed E-state index contributed by atoms with van der Waals surface area (Å²) in [6.45, 7) is 1.88. The third-order valence-electron chi connectivity index (χ3n) is 4.63. The number of nitrogens with one attached hydrogen (secondary N) is 1. The average Bonchev–Trinajstić information content (AvgIpc) is 2.80. The van der Waals surface area contributed by atoms with E-state index in [1.165, 1.54) is 12.1 Å².